The molecule has 7 nitrogen and oxygen atoms in total. The van der Waals surface area contributed by atoms with Crippen LogP contribution in [0.4, 0.5) is 0 Å². The fourth-order valence-electron chi connectivity index (χ4n) is 3.37. The summed E-state index contributed by atoms with van der Waals surface area (Å²) in [5.74, 6) is 0.714. The van der Waals surface area contributed by atoms with E-state index >= 15 is 0 Å². The van der Waals surface area contributed by atoms with E-state index < -0.39 is 0 Å². The average molecular weight is 446 g/mol. The molecule has 0 aliphatic carbocycles. The predicted octanol–water partition coefficient (Wildman–Crippen LogP) is 3.98. The van der Waals surface area contributed by atoms with Crippen LogP contribution in [0.2, 0.25) is 0 Å². The number of nitrogens with zero attached hydrogens (tertiary/aromatic N) is 4. The number of carbonyl (C=O) groups excluding carboxylic acids is 1. The lowest BCUT2D eigenvalue weighted by atomic mass is 9.99. The first-order valence-corrected chi connectivity index (χ1v) is 11.1. The topological polar surface area (TPSA) is 81.9 Å². The Balaban J connectivity index is 1.50. The van der Waals surface area contributed by atoms with Crippen molar-refractivity contribution >= 4 is 17.7 Å². The van der Waals surface area contributed by atoms with Crippen molar-refractivity contribution in [1.82, 2.24) is 25.5 Å². The van der Waals surface area contributed by atoms with Gasteiger partial charge in [-0.15, -0.1) is 5.10 Å². The molecular weight excluding hydrogens is 422 g/mol. The van der Waals surface area contributed by atoms with Crippen LogP contribution in [0.5, 0.6) is 5.75 Å². The molecule has 0 bridgehead atoms. The Hall–Kier alpha value is -3.65. The summed E-state index contributed by atoms with van der Waals surface area (Å²) in [4.78, 5) is 12.9. The van der Waals surface area contributed by atoms with Crippen LogP contribution < -0.4 is 10.1 Å². The van der Waals surface area contributed by atoms with Gasteiger partial charge in [0.2, 0.25) is 11.1 Å². The van der Waals surface area contributed by atoms with Gasteiger partial charge < -0.3 is 10.1 Å². The molecule has 32 heavy (non-hydrogen) atoms. The molecule has 0 fully saturated rings. The van der Waals surface area contributed by atoms with Crippen LogP contribution in [0.3, 0.4) is 0 Å². The molecule has 1 amide bonds. The van der Waals surface area contributed by atoms with Crippen molar-refractivity contribution in [2.24, 2.45) is 0 Å². The molecule has 0 aliphatic heterocycles. The fourth-order valence-corrected chi connectivity index (χ4v) is 4.06. The number of aryl methyl sites for hydroxylation is 1. The third-order valence-corrected chi connectivity index (χ3v) is 5.83. The normalized spacial score (nSPS) is 10.8. The van der Waals surface area contributed by atoms with E-state index in [4.69, 9.17) is 4.74 Å². The molecule has 0 aliphatic rings. The number of thioether (sulfide) groups is 1. The van der Waals surface area contributed by atoms with Crippen LogP contribution in [0.1, 0.15) is 22.7 Å². The largest absolute Gasteiger partial charge is 0.494 e. The molecule has 1 heterocycles. The number of hydrogen-bond acceptors (Lipinski definition) is 6. The Morgan fingerprint density at radius 2 is 1.69 bits per heavy atom. The lowest BCUT2D eigenvalue weighted by Gasteiger charge is -2.19. The summed E-state index contributed by atoms with van der Waals surface area (Å²) < 4.78 is 7.04. The number of ether oxygens (including phenoxy) is 1. The van der Waals surface area contributed by atoms with E-state index in [1.165, 1.54) is 11.8 Å². The van der Waals surface area contributed by atoms with Gasteiger partial charge in [-0.05, 0) is 46.2 Å². The summed E-state index contributed by atoms with van der Waals surface area (Å²) in [7, 11) is 1.60. The highest BCUT2D eigenvalue weighted by atomic mass is 32.2. The van der Waals surface area contributed by atoms with E-state index in [0.29, 0.717) is 10.9 Å². The molecule has 0 radical (unpaired) electrons. The second-order valence-electron chi connectivity index (χ2n) is 7.16. The van der Waals surface area contributed by atoms with Crippen molar-refractivity contribution in [2.45, 2.75) is 18.1 Å². The predicted molar refractivity (Wildman–Crippen MR) is 124 cm³/mol. The summed E-state index contributed by atoms with van der Waals surface area (Å²) in [6.07, 6.45) is 0. The number of tetrazole rings is 1. The molecule has 1 N–H and O–H groups in total. The van der Waals surface area contributed by atoms with Crippen molar-refractivity contribution < 1.29 is 9.53 Å². The molecule has 4 rings (SSSR count). The Morgan fingerprint density at radius 3 is 2.31 bits per heavy atom. The maximum Gasteiger partial charge on any atom is 0.231 e. The molecule has 1 aromatic heterocycles. The zero-order valence-corrected chi connectivity index (χ0v) is 18.6. The maximum atomic E-state index is 12.9. The van der Waals surface area contributed by atoms with Crippen molar-refractivity contribution in [3.8, 4) is 11.4 Å². The SMILES string of the molecule is COc1ccc(C)cc1-n1nnnc1SCC(=O)NC(c1ccccc1)c1ccccc1. The minimum Gasteiger partial charge on any atom is -0.494 e. The van der Waals surface area contributed by atoms with E-state index in [0.717, 1.165) is 22.4 Å². The molecule has 0 atom stereocenters. The van der Waals surface area contributed by atoms with Gasteiger partial charge in [-0.25, -0.2) is 0 Å². The third-order valence-electron chi connectivity index (χ3n) is 4.91. The summed E-state index contributed by atoms with van der Waals surface area (Å²) in [5.41, 5.74) is 3.82. The van der Waals surface area contributed by atoms with Crippen LogP contribution in [-0.4, -0.2) is 39.0 Å². The van der Waals surface area contributed by atoms with Crippen molar-refractivity contribution in [3.63, 3.8) is 0 Å². The lowest BCUT2D eigenvalue weighted by molar-refractivity contribution is -0.119. The van der Waals surface area contributed by atoms with Gasteiger partial charge in [-0.1, -0.05) is 78.5 Å². The monoisotopic (exact) mass is 445 g/mol. The first kappa shape index (κ1) is 21.6. The zero-order chi connectivity index (χ0) is 22.3. The number of carbonyl (C=O) groups is 1. The van der Waals surface area contributed by atoms with Gasteiger partial charge >= 0.3 is 0 Å². The van der Waals surface area contributed by atoms with Gasteiger partial charge in [0.1, 0.15) is 11.4 Å². The van der Waals surface area contributed by atoms with E-state index in [-0.39, 0.29) is 17.7 Å². The second-order valence-corrected chi connectivity index (χ2v) is 8.10. The van der Waals surface area contributed by atoms with Crippen LogP contribution in [0.25, 0.3) is 5.69 Å². The Labute approximate surface area is 190 Å². The van der Waals surface area contributed by atoms with Crippen LogP contribution in [-0.2, 0) is 4.79 Å². The van der Waals surface area contributed by atoms with Crippen LogP contribution in [0.15, 0.2) is 84.0 Å². The summed E-state index contributed by atoms with van der Waals surface area (Å²) in [5, 5.41) is 15.6. The van der Waals surface area contributed by atoms with E-state index in [1.54, 1.807) is 11.8 Å². The Bertz CT molecular complexity index is 1140. The number of nitrogens with one attached hydrogen (secondary N) is 1. The number of rotatable bonds is 8. The van der Waals surface area contributed by atoms with E-state index in [2.05, 4.69) is 20.8 Å². The Kier molecular flexibility index (Phi) is 6.81. The summed E-state index contributed by atoms with van der Waals surface area (Å²) >= 11 is 1.27. The van der Waals surface area contributed by atoms with Crippen LogP contribution in [0, 0.1) is 6.92 Å². The second kappa shape index (κ2) is 10.1. The molecule has 8 heteroatoms. The number of hydrogen-bond donors (Lipinski definition) is 1. The number of methoxy groups -OCH3 is 1. The number of aromatic nitrogens is 4. The molecule has 0 spiro atoms. The van der Waals surface area contributed by atoms with E-state index in [1.807, 2.05) is 85.8 Å². The maximum absolute atomic E-state index is 12.9. The first-order chi connectivity index (χ1) is 15.7. The molecule has 0 unspecified atom stereocenters. The smallest absolute Gasteiger partial charge is 0.231 e. The van der Waals surface area contributed by atoms with Gasteiger partial charge in [0.05, 0.1) is 18.9 Å². The molecular formula is C24H23N5O2S. The number of amides is 1. The zero-order valence-electron chi connectivity index (χ0n) is 17.8. The fraction of sp³-hybridized carbons (Fsp3) is 0.167. The minimum absolute atomic E-state index is 0.113. The molecule has 0 saturated carbocycles. The lowest BCUT2D eigenvalue weighted by Crippen LogP contribution is -2.30. The minimum atomic E-state index is -0.238. The molecule has 162 valence electrons. The average Bonchev–Trinajstić information content (AvgIpc) is 3.31. The first-order valence-electron chi connectivity index (χ1n) is 10.1. The van der Waals surface area contributed by atoms with Gasteiger partial charge in [-0.2, -0.15) is 4.68 Å². The highest BCUT2D eigenvalue weighted by molar-refractivity contribution is 7.99. The molecule has 0 saturated heterocycles. The van der Waals surface area contributed by atoms with Gasteiger partial charge in [0.15, 0.2) is 0 Å². The highest BCUT2D eigenvalue weighted by Crippen LogP contribution is 2.27. The van der Waals surface area contributed by atoms with E-state index in [9.17, 15) is 4.79 Å². The molecule has 3 aromatic carbocycles. The standard InChI is InChI=1S/C24H23N5O2S/c1-17-13-14-21(31-2)20(15-17)29-24(26-27-28-29)32-16-22(30)25-23(18-9-5-3-6-10-18)19-11-7-4-8-12-19/h3-15,23H,16H2,1-2H3,(H,25,30). The van der Waals surface area contributed by atoms with Crippen molar-refractivity contribution in [1.29, 1.82) is 0 Å². The van der Waals surface area contributed by atoms with Gasteiger partial charge in [0, 0.05) is 0 Å². The summed E-state index contributed by atoms with van der Waals surface area (Å²) in [6.45, 7) is 1.99. The highest BCUT2D eigenvalue weighted by Gasteiger charge is 2.19. The van der Waals surface area contributed by atoms with Crippen molar-refractivity contribution in [2.75, 3.05) is 12.9 Å². The quantitative estimate of drug-likeness (QED) is 0.413. The Morgan fingerprint density at radius 1 is 1.03 bits per heavy atom. The van der Waals surface area contributed by atoms with Crippen molar-refractivity contribution in [3.05, 3.63) is 95.6 Å². The third kappa shape index (κ3) is 4.97. The van der Waals surface area contributed by atoms with Gasteiger partial charge in [0.25, 0.3) is 0 Å². The van der Waals surface area contributed by atoms with Crippen LogP contribution >= 0.6 is 11.8 Å². The van der Waals surface area contributed by atoms with Gasteiger partial charge in [-0.3, -0.25) is 4.79 Å². The summed E-state index contributed by atoms with van der Waals surface area (Å²) in [6, 6.07) is 25.4. The molecule has 4 aromatic rings. The number of benzene rings is 3.